The number of carboxylic acid groups (broad SMARTS) is 1. The maximum Gasteiger partial charge on any atom is 0.372 e. The number of hydrogen-bond acceptors (Lipinski definition) is 3. The number of carboxylic acids is 1. The number of rotatable bonds is 4. The Morgan fingerprint density at radius 2 is 1.75 bits per heavy atom. The van der Waals surface area contributed by atoms with Gasteiger partial charge < -0.3 is 9.67 Å². The molecule has 0 aliphatic heterocycles. The standard InChI is InChI=1S/C13H11NO4.C2H6/c1-14-9-5-3-2-4-8(9)6-10(14)11(15)7-12(16)13(17)18;1-2/h2-6H,7H2,1H3,(H,17,18);1-2H3. The van der Waals surface area contributed by atoms with Crippen molar-refractivity contribution in [1.82, 2.24) is 4.57 Å². The second-order valence-corrected chi connectivity index (χ2v) is 3.98. The zero-order chi connectivity index (χ0) is 15.3. The summed E-state index contributed by atoms with van der Waals surface area (Å²) in [6.45, 7) is 4.00. The molecular weight excluding hydrogens is 258 g/mol. The number of carbonyl (C=O) groups is 3. The molecule has 1 heterocycles. The lowest BCUT2D eigenvalue weighted by molar-refractivity contribution is -0.148. The summed E-state index contributed by atoms with van der Waals surface area (Å²) in [6, 6.07) is 9.06. The summed E-state index contributed by atoms with van der Waals surface area (Å²) in [5.74, 6) is -3.16. The lowest BCUT2D eigenvalue weighted by atomic mass is 10.1. The fourth-order valence-corrected chi connectivity index (χ4v) is 1.87. The Balaban J connectivity index is 0.000000956. The molecule has 1 aromatic carbocycles. The third-order valence-corrected chi connectivity index (χ3v) is 2.80. The van der Waals surface area contributed by atoms with Crippen LogP contribution >= 0.6 is 0 Å². The number of fused-ring (bicyclic) bond motifs is 1. The molecule has 1 N–H and O–H groups in total. The Morgan fingerprint density at radius 1 is 1.15 bits per heavy atom. The van der Waals surface area contributed by atoms with E-state index in [1.54, 1.807) is 17.7 Å². The van der Waals surface area contributed by atoms with Crippen LogP contribution in [0.1, 0.15) is 30.8 Å². The molecule has 0 unspecified atom stereocenters. The predicted molar refractivity (Wildman–Crippen MR) is 75.9 cm³/mol. The molecule has 0 amide bonds. The second-order valence-electron chi connectivity index (χ2n) is 3.98. The molecule has 0 atom stereocenters. The molecule has 5 heteroatoms. The molecule has 1 aromatic heterocycles. The van der Waals surface area contributed by atoms with E-state index < -0.39 is 24.0 Å². The minimum Gasteiger partial charge on any atom is -0.475 e. The number of Topliss-reactive ketones (excluding diaryl/α,β-unsaturated/α-hetero) is 2. The van der Waals surface area contributed by atoms with E-state index in [1.807, 2.05) is 38.1 Å². The van der Waals surface area contributed by atoms with Gasteiger partial charge in [-0.2, -0.15) is 0 Å². The van der Waals surface area contributed by atoms with Crippen molar-refractivity contribution in [3.8, 4) is 0 Å². The van der Waals surface area contributed by atoms with Crippen LogP contribution in [-0.4, -0.2) is 27.2 Å². The van der Waals surface area contributed by atoms with Crippen LogP contribution in [-0.2, 0) is 16.6 Å². The van der Waals surface area contributed by atoms with Crippen molar-refractivity contribution >= 4 is 28.4 Å². The van der Waals surface area contributed by atoms with E-state index in [0.717, 1.165) is 10.9 Å². The summed E-state index contributed by atoms with van der Waals surface area (Å²) >= 11 is 0. The highest BCUT2D eigenvalue weighted by molar-refractivity contribution is 6.37. The molecule has 106 valence electrons. The number of benzene rings is 1. The quantitative estimate of drug-likeness (QED) is 0.528. The zero-order valence-corrected chi connectivity index (χ0v) is 11.7. The number of nitrogens with zero attached hydrogens (tertiary/aromatic N) is 1. The molecule has 2 rings (SSSR count). The van der Waals surface area contributed by atoms with E-state index in [2.05, 4.69) is 0 Å². The Hall–Kier alpha value is -2.43. The molecule has 0 fully saturated rings. The predicted octanol–water partition coefficient (Wildman–Crippen LogP) is 2.43. The molecular formula is C15H17NO4. The monoisotopic (exact) mass is 275 g/mol. The first-order valence-electron chi connectivity index (χ1n) is 6.34. The maximum absolute atomic E-state index is 11.8. The lowest BCUT2D eigenvalue weighted by Gasteiger charge is -2.01. The fourth-order valence-electron chi connectivity index (χ4n) is 1.87. The van der Waals surface area contributed by atoms with Crippen molar-refractivity contribution in [2.75, 3.05) is 0 Å². The number of aryl methyl sites for hydroxylation is 1. The molecule has 0 radical (unpaired) electrons. The van der Waals surface area contributed by atoms with Gasteiger partial charge in [-0.15, -0.1) is 0 Å². The van der Waals surface area contributed by atoms with Gasteiger partial charge >= 0.3 is 5.97 Å². The van der Waals surface area contributed by atoms with E-state index in [1.165, 1.54) is 0 Å². The van der Waals surface area contributed by atoms with Gasteiger partial charge in [-0.1, -0.05) is 32.0 Å². The first-order valence-corrected chi connectivity index (χ1v) is 6.34. The Morgan fingerprint density at radius 3 is 2.30 bits per heavy atom. The first kappa shape index (κ1) is 15.6. The highest BCUT2D eigenvalue weighted by Gasteiger charge is 2.20. The van der Waals surface area contributed by atoms with Crippen LogP contribution in [0, 0.1) is 0 Å². The van der Waals surface area contributed by atoms with Gasteiger partial charge in [0.15, 0.2) is 5.78 Å². The van der Waals surface area contributed by atoms with Crippen molar-refractivity contribution in [3.63, 3.8) is 0 Å². The van der Waals surface area contributed by atoms with Gasteiger partial charge in [0.1, 0.15) is 0 Å². The SMILES string of the molecule is CC.Cn1c(C(=O)CC(=O)C(=O)O)cc2ccccc21. The van der Waals surface area contributed by atoms with Crippen molar-refractivity contribution in [3.05, 3.63) is 36.0 Å². The first-order chi connectivity index (χ1) is 9.50. The normalized spacial score (nSPS) is 9.75. The highest BCUT2D eigenvalue weighted by atomic mass is 16.4. The van der Waals surface area contributed by atoms with Crippen molar-refractivity contribution < 1.29 is 19.5 Å². The van der Waals surface area contributed by atoms with Crippen LogP contribution in [0.3, 0.4) is 0 Å². The summed E-state index contributed by atoms with van der Waals surface area (Å²) in [5, 5.41) is 9.36. The number of aromatic nitrogens is 1. The highest BCUT2D eigenvalue weighted by Crippen LogP contribution is 2.19. The molecule has 20 heavy (non-hydrogen) atoms. The topological polar surface area (TPSA) is 76.4 Å². The summed E-state index contributed by atoms with van der Waals surface area (Å²) in [5.41, 5.74) is 1.20. The second kappa shape index (κ2) is 6.65. The van der Waals surface area contributed by atoms with Gasteiger partial charge in [-0.25, -0.2) is 4.79 Å². The van der Waals surface area contributed by atoms with Crippen LogP contribution in [0.4, 0.5) is 0 Å². The van der Waals surface area contributed by atoms with Crippen LogP contribution in [0.25, 0.3) is 10.9 Å². The van der Waals surface area contributed by atoms with Gasteiger partial charge in [0.25, 0.3) is 0 Å². The van der Waals surface area contributed by atoms with Crippen molar-refractivity contribution in [2.45, 2.75) is 20.3 Å². The average molecular weight is 275 g/mol. The molecule has 0 spiro atoms. The van der Waals surface area contributed by atoms with E-state index in [9.17, 15) is 14.4 Å². The molecule has 0 saturated heterocycles. The molecule has 0 saturated carbocycles. The van der Waals surface area contributed by atoms with Crippen LogP contribution < -0.4 is 0 Å². The van der Waals surface area contributed by atoms with Gasteiger partial charge in [-0.3, -0.25) is 9.59 Å². The minimum atomic E-state index is -1.58. The van der Waals surface area contributed by atoms with Crippen LogP contribution in [0.5, 0.6) is 0 Å². The largest absolute Gasteiger partial charge is 0.475 e. The number of hydrogen-bond donors (Lipinski definition) is 1. The summed E-state index contributed by atoms with van der Waals surface area (Å²) in [6.07, 6.45) is -0.612. The van der Waals surface area contributed by atoms with Gasteiger partial charge in [0.05, 0.1) is 12.1 Å². The molecule has 0 aliphatic carbocycles. The summed E-state index contributed by atoms with van der Waals surface area (Å²) in [7, 11) is 1.71. The Bertz CT molecular complexity index is 655. The third-order valence-electron chi connectivity index (χ3n) is 2.80. The molecule has 5 nitrogen and oxygen atoms in total. The smallest absolute Gasteiger partial charge is 0.372 e. The van der Waals surface area contributed by atoms with E-state index in [4.69, 9.17) is 5.11 Å². The van der Waals surface area contributed by atoms with Gasteiger partial charge in [-0.05, 0) is 12.1 Å². The number of carbonyl (C=O) groups excluding carboxylic acids is 2. The van der Waals surface area contributed by atoms with Gasteiger partial charge in [0.2, 0.25) is 5.78 Å². The molecule has 0 bridgehead atoms. The Kier molecular flexibility index (Phi) is 5.20. The third kappa shape index (κ3) is 3.12. The number of para-hydroxylation sites is 1. The van der Waals surface area contributed by atoms with E-state index in [0.29, 0.717) is 5.69 Å². The fraction of sp³-hybridized carbons (Fsp3) is 0.267. The zero-order valence-electron chi connectivity index (χ0n) is 11.7. The Labute approximate surface area is 116 Å². The van der Waals surface area contributed by atoms with Crippen LogP contribution in [0.2, 0.25) is 0 Å². The van der Waals surface area contributed by atoms with E-state index in [-0.39, 0.29) is 0 Å². The summed E-state index contributed by atoms with van der Waals surface area (Å²) in [4.78, 5) is 33.3. The van der Waals surface area contributed by atoms with Crippen molar-refractivity contribution in [2.24, 2.45) is 7.05 Å². The number of ketones is 2. The molecule has 2 aromatic rings. The van der Waals surface area contributed by atoms with Crippen LogP contribution in [0.15, 0.2) is 30.3 Å². The van der Waals surface area contributed by atoms with E-state index >= 15 is 0 Å². The van der Waals surface area contributed by atoms with Gasteiger partial charge in [0, 0.05) is 18.0 Å². The van der Waals surface area contributed by atoms with Crippen molar-refractivity contribution in [1.29, 1.82) is 0 Å². The molecule has 0 aliphatic rings. The lowest BCUT2D eigenvalue weighted by Crippen LogP contribution is -2.18. The average Bonchev–Trinajstić information content (AvgIpc) is 2.79. The number of aliphatic carboxylic acids is 1. The maximum atomic E-state index is 11.8. The summed E-state index contributed by atoms with van der Waals surface area (Å²) < 4.78 is 1.66. The minimum absolute atomic E-state index is 0.339.